The standard InChI is InChI=1S/C19H19NO2.BF4/c1-3-20(4-2)16-9-5-15-8-12-18(22-19(15)13-16)14-6-10-17(21)11-7-14;2-1(3,4)5/h5-13H,3-4H2,1-2H3;/q;-1/p+1. The van der Waals surface area contributed by atoms with Crippen LogP contribution in [0.4, 0.5) is 17.3 Å². The summed E-state index contributed by atoms with van der Waals surface area (Å²) in [5, 5.41) is 10.6. The monoisotopic (exact) mass is 381 g/mol. The van der Waals surface area contributed by atoms with Crippen LogP contribution in [0.2, 0.25) is 0 Å². The third-order valence-corrected chi connectivity index (χ3v) is 3.91. The maximum absolute atomic E-state index is 9.75. The van der Waals surface area contributed by atoms with Crippen LogP contribution >= 0.6 is 0 Å². The average Bonchev–Trinajstić information content (AvgIpc) is 2.61. The van der Waals surface area contributed by atoms with Crippen molar-refractivity contribution in [3.63, 3.8) is 0 Å². The number of aromatic hydroxyl groups is 1. The number of benzene rings is 2. The molecule has 27 heavy (non-hydrogen) atoms. The van der Waals surface area contributed by atoms with Crippen LogP contribution in [0.5, 0.6) is 5.75 Å². The Morgan fingerprint density at radius 2 is 1.30 bits per heavy atom. The molecule has 1 aliphatic carbocycles. The fourth-order valence-electron chi connectivity index (χ4n) is 2.63. The van der Waals surface area contributed by atoms with Gasteiger partial charge in [-0.15, -0.1) is 0 Å². The lowest BCUT2D eigenvalue weighted by Gasteiger charge is -2.08. The first-order valence-electron chi connectivity index (χ1n) is 8.50. The van der Waals surface area contributed by atoms with E-state index in [9.17, 15) is 22.4 Å². The highest BCUT2D eigenvalue weighted by Crippen LogP contribution is 2.28. The Balaban J connectivity index is 0.000000465. The van der Waals surface area contributed by atoms with Crippen molar-refractivity contribution < 1.29 is 26.8 Å². The van der Waals surface area contributed by atoms with Crippen molar-refractivity contribution in [2.45, 2.75) is 13.8 Å². The molecule has 0 saturated heterocycles. The van der Waals surface area contributed by atoms with Crippen molar-refractivity contribution in [3.8, 4) is 28.4 Å². The second-order valence-electron chi connectivity index (χ2n) is 5.74. The van der Waals surface area contributed by atoms with E-state index in [1.807, 2.05) is 18.2 Å². The maximum atomic E-state index is 9.75. The van der Waals surface area contributed by atoms with Crippen LogP contribution in [-0.2, 0) is 0 Å². The Labute approximate surface area is 154 Å². The number of nitrogens with zero attached hydrogens (tertiary/aromatic N) is 1. The number of halogens is 4. The van der Waals surface area contributed by atoms with Gasteiger partial charge >= 0.3 is 7.25 Å². The molecule has 1 aromatic rings. The first-order valence-corrected chi connectivity index (χ1v) is 8.50. The van der Waals surface area contributed by atoms with E-state index >= 15 is 0 Å². The summed E-state index contributed by atoms with van der Waals surface area (Å²) in [5.41, 5.74) is 2.03. The van der Waals surface area contributed by atoms with Crippen LogP contribution < -0.4 is 9.93 Å². The number of hydrogen-bond acceptors (Lipinski definition) is 2. The van der Waals surface area contributed by atoms with Gasteiger partial charge in [-0.1, -0.05) is 0 Å². The van der Waals surface area contributed by atoms with Gasteiger partial charge in [-0.2, -0.15) is 0 Å². The van der Waals surface area contributed by atoms with Crippen LogP contribution in [0.3, 0.4) is 0 Å². The lowest BCUT2D eigenvalue weighted by Crippen LogP contribution is -2.29. The van der Waals surface area contributed by atoms with Gasteiger partial charge in [-0.25, -0.2) is 4.58 Å². The molecule has 1 aliphatic heterocycles. The van der Waals surface area contributed by atoms with Gasteiger partial charge in [0.2, 0.25) is 5.36 Å². The van der Waals surface area contributed by atoms with E-state index in [2.05, 4.69) is 42.7 Å². The lowest BCUT2D eigenvalue weighted by atomic mass is 10.1. The second-order valence-corrected chi connectivity index (χ2v) is 5.74. The number of phenols is 1. The molecule has 0 atom stereocenters. The molecule has 0 saturated carbocycles. The summed E-state index contributed by atoms with van der Waals surface area (Å²) in [5.74, 6) is 1.92. The summed E-state index contributed by atoms with van der Waals surface area (Å²) in [7, 11) is -6.00. The molecule has 1 heterocycles. The van der Waals surface area contributed by atoms with Gasteiger partial charge in [0.05, 0.1) is 6.07 Å². The Morgan fingerprint density at radius 3 is 1.85 bits per heavy atom. The van der Waals surface area contributed by atoms with E-state index < -0.39 is 7.25 Å². The van der Waals surface area contributed by atoms with Gasteiger partial charge in [0.1, 0.15) is 30.4 Å². The quantitative estimate of drug-likeness (QED) is 0.399. The third-order valence-electron chi connectivity index (χ3n) is 3.91. The van der Waals surface area contributed by atoms with Crippen LogP contribution in [0, 0.1) is 0 Å². The summed E-state index contributed by atoms with van der Waals surface area (Å²) in [4.78, 5) is 0. The minimum atomic E-state index is -6.00. The van der Waals surface area contributed by atoms with E-state index in [4.69, 9.17) is 4.42 Å². The van der Waals surface area contributed by atoms with E-state index in [-0.39, 0.29) is 5.75 Å². The van der Waals surface area contributed by atoms with Crippen LogP contribution in [-0.4, -0.2) is 25.5 Å². The summed E-state index contributed by atoms with van der Waals surface area (Å²) in [6.07, 6.45) is 0. The molecule has 144 valence electrons. The normalized spacial score (nSPS) is 11.0. The molecule has 0 fully saturated rings. The molecule has 0 spiro atoms. The summed E-state index contributed by atoms with van der Waals surface area (Å²) < 4.78 is 47.4. The fraction of sp³-hybridized carbons (Fsp3) is 0.211. The predicted octanol–water partition coefficient (Wildman–Crippen LogP) is 4.87. The summed E-state index contributed by atoms with van der Waals surface area (Å²) >= 11 is 0. The fourth-order valence-corrected chi connectivity index (χ4v) is 2.63. The van der Waals surface area contributed by atoms with Gasteiger partial charge in [-0.3, -0.25) is 0 Å². The summed E-state index contributed by atoms with van der Waals surface area (Å²) in [6.45, 7) is 6.24. The zero-order valence-electron chi connectivity index (χ0n) is 15.0. The lowest BCUT2D eigenvalue weighted by molar-refractivity contribution is 0.368. The van der Waals surface area contributed by atoms with Crippen LogP contribution in [0.15, 0.2) is 59.0 Å². The molecule has 1 N–H and O–H groups in total. The Kier molecular flexibility index (Phi) is 6.66. The highest BCUT2D eigenvalue weighted by atomic mass is 19.5. The molecule has 3 nitrogen and oxygen atoms in total. The van der Waals surface area contributed by atoms with Gasteiger partial charge in [0.25, 0.3) is 0 Å². The van der Waals surface area contributed by atoms with Crippen LogP contribution in [0.25, 0.3) is 22.6 Å². The molecule has 8 heteroatoms. The molecule has 3 rings (SSSR count). The van der Waals surface area contributed by atoms with Crippen molar-refractivity contribution in [2.75, 3.05) is 13.1 Å². The zero-order valence-corrected chi connectivity index (χ0v) is 15.0. The largest absolute Gasteiger partial charge is 0.673 e. The molecule has 2 aliphatic rings. The smallest absolute Gasteiger partial charge is 0.508 e. The van der Waals surface area contributed by atoms with Gasteiger partial charge in [0.15, 0.2) is 0 Å². The van der Waals surface area contributed by atoms with Crippen molar-refractivity contribution in [3.05, 3.63) is 60.0 Å². The average molecular weight is 381 g/mol. The highest BCUT2D eigenvalue weighted by Gasteiger charge is 2.20. The molecule has 0 bridgehead atoms. The van der Waals surface area contributed by atoms with Gasteiger partial charge < -0.3 is 26.8 Å². The highest BCUT2D eigenvalue weighted by molar-refractivity contribution is 6.50. The van der Waals surface area contributed by atoms with Gasteiger partial charge in [0, 0.05) is 17.2 Å². The topological polar surface area (TPSA) is 36.4 Å². The van der Waals surface area contributed by atoms with E-state index in [1.54, 1.807) is 12.1 Å². The number of rotatable bonds is 3. The van der Waals surface area contributed by atoms with Crippen molar-refractivity contribution >= 4 is 7.25 Å². The zero-order chi connectivity index (χ0) is 20.0. The second kappa shape index (κ2) is 8.75. The molecule has 1 aromatic carbocycles. The third kappa shape index (κ3) is 6.16. The number of phenolic OH excluding ortho intramolecular Hbond substituents is 1. The van der Waals surface area contributed by atoms with Gasteiger partial charge in [-0.05, 0) is 56.3 Å². The van der Waals surface area contributed by atoms with E-state index in [1.165, 1.54) is 5.36 Å². The van der Waals surface area contributed by atoms with Crippen molar-refractivity contribution in [1.82, 2.24) is 4.58 Å². The summed E-state index contributed by atoms with van der Waals surface area (Å²) in [6, 6.07) is 17.4. The SMILES string of the molecule is CC[N+](CC)=c1ccc2ccc(-c3ccc(O)cc3)oc-2c1.F[B-](F)(F)F. The predicted molar refractivity (Wildman–Crippen MR) is 99.0 cm³/mol. The number of hydrogen-bond donors (Lipinski definition) is 1. The molecule has 0 amide bonds. The van der Waals surface area contributed by atoms with E-state index in [0.29, 0.717) is 0 Å². The van der Waals surface area contributed by atoms with Crippen molar-refractivity contribution in [1.29, 1.82) is 0 Å². The minimum Gasteiger partial charge on any atom is -0.508 e. The molecular weight excluding hydrogens is 361 g/mol. The number of fused-ring (bicyclic) bond motifs is 1. The van der Waals surface area contributed by atoms with Crippen LogP contribution in [0.1, 0.15) is 13.8 Å². The molecule has 0 aromatic heterocycles. The Hall–Kier alpha value is -2.77. The molecular formula is C19H20BF4NO2. The minimum absolute atomic E-state index is 0.258. The van der Waals surface area contributed by atoms with E-state index in [0.717, 1.165) is 35.7 Å². The Bertz CT molecular complexity index is 908. The van der Waals surface area contributed by atoms with Crippen molar-refractivity contribution in [2.24, 2.45) is 0 Å². The first-order chi connectivity index (χ1) is 12.7. The molecule has 0 unspecified atom stereocenters. The Morgan fingerprint density at radius 1 is 0.815 bits per heavy atom. The molecule has 0 radical (unpaired) electrons. The first kappa shape index (κ1) is 20.5. The maximum Gasteiger partial charge on any atom is 0.673 e.